The molecular formula is C18H24N2O4. The molecule has 6 heteroatoms. The van der Waals surface area contributed by atoms with Crippen molar-refractivity contribution in [3.8, 4) is 5.75 Å². The standard InChI is InChI=1S/C18H24N2O4/c1-5-17(2)18(3,22)20(16(21)24-17)9-8-12-11-19-15-7-6-13(23-4)10-14(12)15/h6-7,10-11,19,22H,5,8-9H2,1-4H3/t17-,18-/m1/s1. The van der Waals surface area contributed by atoms with Crippen LogP contribution in [0.4, 0.5) is 4.79 Å². The van der Waals surface area contributed by atoms with Crippen LogP contribution >= 0.6 is 0 Å². The van der Waals surface area contributed by atoms with Crippen LogP contribution < -0.4 is 4.74 Å². The number of ether oxygens (including phenoxy) is 2. The lowest BCUT2D eigenvalue weighted by Gasteiger charge is -2.36. The molecule has 2 aromatic rings. The van der Waals surface area contributed by atoms with E-state index in [-0.39, 0.29) is 0 Å². The Morgan fingerprint density at radius 1 is 1.38 bits per heavy atom. The zero-order valence-electron chi connectivity index (χ0n) is 14.5. The first-order valence-corrected chi connectivity index (χ1v) is 8.19. The Kier molecular flexibility index (Phi) is 3.95. The maximum atomic E-state index is 12.2. The summed E-state index contributed by atoms with van der Waals surface area (Å²) in [6.45, 7) is 5.68. The molecule has 1 aromatic carbocycles. The van der Waals surface area contributed by atoms with Crippen LogP contribution in [-0.2, 0) is 11.2 Å². The summed E-state index contributed by atoms with van der Waals surface area (Å²) in [5, 5.41) is 11.9. The normalized spacial score (nSPS) is 26.9. The van der Waals surface area contributed by atoms with Crippen LogP contribution in [0.3, 0.4) is 0 Å². The number of aliphatic hydroxyl groups is 1. The average Bonchev–Trinajstić information content (AvgIpc) is 3.03. The molecule has 2 N–H and O–H groups in total. The molecule has 1 aliphatic rings. The predicted octanol–water partition coefficient (Wildman–Crippen LogP) is 3.05. The molecule has 1 amide bonds. The molecule has 1 aliphatic heterocycles. The summed E-state index contributed by atoms with van der Waals surface area (Å²) >= 11 is 0. The van der Waals surface area contributed by atoms with E-state index in [1.54, 1.807) is 21.0 Å². The molecule has 0 aliphatic carbocycles. The Morgan fingerprint density at radius 2 is 2.12 bits per heavy atom. The summed E-state index contributed by atoms with van der Waals surface area (Å²) in [5.74, 6) is 0.787. The zero-order chi connectivity index (χ0) is 17.5. The van der Waals surface area contributed by atoms with E-state index >= 15 is 0 Å². The van der Waals surface area contributed by atoms with Gasteiger partial charge in [0.2, 0.25) is 0 Å². The van der Waals surface area contributed by atoms with E-state index in [0.29, 0.717) is 19.4 Å². The van der Waals surface area contributed by atoms with Gasteiger partial charge in [-0.1, -0.05) is 6.92 Å². The Hall–Kier alpha value is -2.21. The van der Waals surface area contributed by atoms with Crippen molar-refractivity contribution in [1.29, 1.82) is 0 Å². The zero-order valence-corrected chi connectivity index (χ0v) is 14.5. The van der Waals surface area contributed by atoms with Gasteiger partial charge >= 0.3 is 6.09 Å². The van der Waals surface area contributed by atoms with Crippen molar-refractivity contribution in [1.82, 2.24) is 9.88 Å². The van der Waals surface area contributed by atoms with E-state index in [4.69, 9.17) is 9.47 Å². The van der Waals surface area contributed by atoms with Crippen LogP contribution in [0.25, 0.3) is 10.9 Å². The average molecular weight is 332 g/mol. The Labute approximate surface area is 141 Å². The summed E-state index contributed by atoms with van der Waals surface area (Å²) in [4.78, 5) is 16.8. The monoisotopic (exact) mass is 332 g/mol. The van der Waals surface area contributed by atoms with Crippen molar-refractivity contribution in [2.45, 2.75) is 44.9 Å². The molecule has 1 aromatic heterocycles. The maximum absolute atomic E-state index is 12.2. The lowest BCUT2D eigenvalue weighted by Crippen LogP contribution is -2.55. The number of nitrogens with zero attached hydrogens (tertiary/aromatic N) is 1. The quantitative estimate of drug-likeness (QED) is 0.882. The van der Waals surface area contributed by atoms with Crippen LogP contribution in [0.2, 0.25) is 0 Å². The molecule has 130 valence electrons. The molecule has 2 heterocycles. The molecule has 0 saturated carbocycles. The number of methoxy groups -OCH3 is 1. The lowest BCUT2D eigenvalue weighted by atomic mass is 9.90. The fraction of sp³-hybridized carbons (Fsp3) is 0.500. The van der Waals surface area contributed by atoms with Gasteiger partial charge in [-0.25, -0.2) is 4.79 Å². The van der Waals surface area contributed by atoms with Gasteiger partial charge in [0.05, 0.1) is 7.11 Å². The topological polar surface area (TPSA) is 74.8 Å². The number of fused-ring (bicyclic) bond motifs is 1. The highest BCUT2D eigenvalue weighted by atomic mass is 16.6. The number of carbonyl (C=O) groups excluding carboxylic acids is 1. The number of carbonyl (C=O) groups is 1. The van der Waals surface area contributed by atoms with Crippen molar-refractivity contribution >= 4 is 17.0 Å². The van der Waals surface area contributed by atoms with E-state index in [0.717, 1.165) is 22.2 Å². The van der Waals surface area contributed by atoms with Crippen LogP contribution in [0.15, 0.2) is 24.4 Å². The molecule has 1 fully saturated rings. The molecule has 1 saturated heterocycles. The highest BCUT2D eigenvalue weighted by Gasteiger charge is 2.58. The lowest BCUT2D eigenvalue weighted by molar-refractivity contribution is -0.137. The van der Waals surface area contributed by atoms with Crippen LogP contribution in [-0.4, -0.2) is 46.1 Å². The number of cyclic esters (lactones) is 1. The first-order valence-electron chi connectivity index (χ1n) is 8.19. The fourth-order valence-corrected chi connectivity index (χ4v) is 3.25. The van der Waals surface area contributed by atoms with E-state index in [9.17, 15) is 9.90 Å². The second-order valence-corrected chi connectivity index (χ2v) is 6.60. The molecule has 3 rings (SSSR count). The third-order valence-corrected chi connectivity index (χ3v) is 5.31. The predicted molar refractivity (Wildman–Crippen MR) is 91.1 cm³/mol. The first kappa shape index (κ1) is 16.6. The first-order chi connectivity index (χ1) is 11.3. The van der Waals surface area contributed by atoms with Crippen LogP contribution in [0.5, 0.6) is 5.75 Å². The maximum Gasteiger partial charge on any atom is 0.412 e. The van der Waals surface area contributed by atoms with Crippen molar-refractivity contribution < 1.29 is 19.4 Å². The summed E-state index contributed by atoms with van der Waals surface area (Å²) in [7, 11) is 1.64. The molecule has 0 bridgehead atoms. The molecule has 0 spiro atoms. The largest absolute Gasteiger partial charge is 0.497 e. The number of nitrogens with one attached hydrogen (secondary N) is 1. The molecule has 2 atom stereocenters. The number of amides is 1. The van der Waals surface area contributed by atoms with E-state index in [2.05, 4.69) is 4.98 Å². The summed E-state index contributed by atoms with van der Waals surface area (Å²) < 4.78 is 10.7. The van der Waals surface area contributed by atoms with Crippen LogP contribution in [0, 0.1) is 0 Å². The highest BCUT2D eigenvalue weighted by Crippen LogP contribution is 2.39. The molecule has 0 radical (unpaired) electrons. The number of benzene rings is 1. The summed E-state index contributed by atoms with van der Waals surface area (Å²) in [5.41, 5.74) is -0.145. The van der Waals surface area contributed by atoms with Crippen molar-refractivity contribution in [3.63, 3.8) is 0 Å². The Bertz CT molecular complexity index is 767. The summed E-state index contributed by atoms with van der Waals surface area (Å²) in [6.07, 6.45) is 2.62. The fourth-order valence-electron chi connectivity index (χ4n) is 3.25. The van der Waals surface area contributed by atoms with Gasteiger partial charge in [0.1, 0.15) is 5.75 Å². The molecule has 6 nitrogen and oxygen atoms in total. The third kappa shape index (κ3) is 2.41. The minimum atomic E-state index is -1.33. The number of aromatic nitrogens is 1. The van der Waals surface area contributed by atoms with E-state index in [1.807, 2.05) is 31.3 Å². The van der Waals surface area contributed by atoms with Crippen molar-refractivity contribution in [2.24, 2.45) is 0 Å². The number of H-pyrrole nitrogens is 1. The van der Waals surface area contributed by atoms with Gasteiger partial charge in [-0.05, 0) is 50.5 Å². The number of rotatable bonds is 5. The molecular weight excluding hydrogens is 308 g/mol. The Morgan fingerprint density at radius 3 is 2.75 bits per heavy atom. The van der Waals surface area contributed by atoms with Gasteiger partial charge in [0, 0.05) is 23.6 Å². The highest BCUT2D eigenvalue weighted by molar-refractivity contribution is 5.84. The van der Waals surface area contributed by atoms with E-state index in [1.165, 1.54) is 4.90 Å². The summed E-state index contributed by atoms with van der Waals surface area (Å²) in [6, 6.07) is 5.84. The minimum absolute atomic E-state index is 0.381. The van der Waals surface area contributed by atoms with Gasteiger partial charge in [0.15, 0.2) is 11.3 Å². The van der Waals surface area contributed by atoms with Gasteiger partial charge in [0.25, 0.3) is 0 Å². The smallest absolute Gasteiger partial charge is 0.412 e. The number of hydrogen-bond donors (Lipinski definition) is 2. The van der Waals surface area contributed by atoms with E-state index < -0.39 is 17.4 Å². The molecule has 24 heavy (non-hydrogen) atoms. The Balaban J connectivity index is 1.82. The SMILES string of the molecule is CC[C@@]1(C)OC(=O)N(CCc2c[nH]c3ccc(OC)cc23)[C@]1(C)O. The van der Waals surface area contributed by atoms with Crippen molar-refractivity contribution in [3.05, 3.63) is 30.0 Å². The number of aromatic amines is 1. The number of hydrogen-bond acceptors (Lipinski definition) is 4. The molecule has 0 unspecified atom stereocenters. The van der Waals surface area contributed by atoms with Gasteiger partial charge in [-0.15, -0.1) is 0 Å². The van der Waals surface area contributed by atoms with Gasteiger partial charge in [-0.2, -0.15) is 0 Å². The third-order valence-electron chi connectivity index (χ3n) is 5.31. The second kappa shape index (κ2) is 5.70. The second-order valence-electron chi connectivity index (χ2n) is 6.60. The van der Waals surface area contributed by atoms with Crippen molar-refractivity contribution in [2.75, 3.05) is 13.7 Å². The van der Waals surface area contributed by atoms with Crippen LogP contribution in [0.1, 0.15) is 32.8 Å². The minimum Gasteiger partial charge on any atom is -0.497 e. The van der Waals surface area contributed by atoms with Gasteiger partial charge in [-0.3, -0.25) is 4.90 Å². The van der Waals surface area contributed by atoms with Gasteiger partial charge < -0.3 is 19.6 Å².